The van der Waals surface area contributed by atoms with Crippen molar-refractivity contribution in [2.24, 2.45) is 0 Å². The minimum absolute atomic E-state index is 0.0676. The van der Waals surface area contributed by atoms with Crippen LogP contribution in [0.2, 0.25) is 0 Å². The lowest BCUT2D eigenvalue weighted by molar-refractivity contribution is -0.145. The number of nitrogens with one attached hydrogen (secondary N) is 1. The molecule has 0 unspecified atom stereocenters. The zero-order valence-electron chi connectivity index (χ0n) is 15.1. The van der Waals surface area contributed by atoms with Crippen molar-refractivity contribution in [2.45, 2.75) is 18.2 Å². The van der Waals surface area contributed by atoms with E-state index in [9.17, 15) is 19.2 Å². The Kier molecular flexibility index (Phi) is 7.76. The van der Waals surface area contributed by atoms with Crippen molar-refractivity contribution >= 4 is 41.1 Å². The minimum Gasteiger partial charge on any atom is -0.478 e. The van der Waals surface area contributed by atoms with Gasteiger partial charge < -0.3 is 15.2 Å². The fourth-order valence-electron chi connectivity index (χ4n) is 2.29. The normalized spacial score (nSPS) is 10.2. The fourth-order valence-corrected chi connectivity index (χ4v) is 3.05. The third kappa shape index (κ3) is 6.24. The Labute approximate surface area is 166 Å². The van der Waals surface area contributed by atoms with Crippen molar-refractivity contribution in [1.82, 2.24) is 0 Å². The van der Waals surface area contributed by atoms with Crippen LogP contribution in [0.5, 0.6) is 0 Å². The van der Waals surface area contributed by atoms with E-state index < -0.39 is 17.8 Å². The summed E-state index contributed by atoms with van der Waals surface area (Å²) in [5.41, 5.74) is 0.484. The molecule has 0 saturated heterocycles. The second-order valence-electron chi connectivity index (χ2n) is 5.64. The standard InChI is InChI=1S/C20H19NO6S/c1-2-27-18(23)11-14(22)12-28-15-9-7-13(8-10-15)21-19(24)16-5-3-4-6-17(16)20(25)26/h3-10H,2,11-12H2,1H3,(H,21,24)(H,25,26). The highest BCUT2D eigenvalue weighted by atomic mass is 32.2. The lowest BCUT2D eigenvalue weighted by Crippen LogP contribution is -2.16. The Morgan fingerprint density at radius 2 is 1.64 bits per heavy atom. The van der Waals surface area contributed by atoms with E-state index in [0.717, 1.165) is 4.90 Å². The van der Waals surface area contributed by atoms with E-state index in [1.54, 1.807) is 43.3 Å². The molecule has 2 aromatic rings. The van der Waals surface area contributed by atoms with Gasteiger partial charge in [-0.3, -0.25) is 14.4 Å². The van der Waals surface area contributed by atoms with Gasteiger partial charge in [-0.1, -0.05) is 12.1 Å². The zero-order valence-corrected chi connectivity index (χ0v) is 16.0. The molecule has 0 aliphatic rings. The zero-order chi connectivity index (χ0) is 20.5. The van der Waals surface area contributed by atoms with Gasteiger partial charge in [0.25, 0.3) is 5.91 Å². The molecule has 2 N–H and O–H groups in total. The van der Waals surface area contributed by atoms with Gasteiger partial charge >= 0.3 is 11.9 Å². The molecule has 0 atom stereocenters. The summed E-state index contributed by atoms with van der Waals surface area (Å²) in [6.45, 7) is 1.92. The number of esters is 1. The molecule has 7 nitrogen and oxygen atoms in total. The van der Waals surface area contributed by atoms with Gasteiger partial charge in [0, 0.05) is 10.6 Å². The highest BCUT2D eigenvalue weighted by Crippen LogP contribution is 2.21. The molecule has 0 saturated carbocycles. The van der Waals surface area contributed by atoms with E-state index >= 15 is 0 Å². The fraction of sp³-hybridized carbons (Fsp3) is 0.200. The molecule has 2 aromatic carbocycles. The number of hydrogen-bond acceptors (Lipinski definition) is 6. The molecular weight excluding hydrogens is 382 g/mol. The number of ether oxygens (including phenoxy) is 1. The number of rotatable bonds is 9. The second-order valence-corrected chi connectivity index (χ2v) is 6.69. The molecule has 0 heterocycles. The maximum Gasteiger partial charge on any atom is 0.336 e. The third-order valence-corrected chi connectivity index (χ3v) is 4.63. The molecule has 0 bridgehead atoms. The lowest BCUT2D eigenvalue weighted by Gasteiger charge is -2.08. The van der Waals surface area contributed by atoms with Crippen LogP contribution >= 0.6 is 11.8 Å². The summed E-state index contributed by atoms with van der Waals surface area (Å²) in [6.07, 6.45) is -0.252. The van der Waals surface area contributed by atoms with E-state index in [-0.39, 0.29) is 35.7 Å². The number of carboxylic acids is 1. The predicted octanol–water partition coefficient (Wildman–Crippen LogP) is 3.25. The average Bonchev–Trinajstić information content (AvgIpc) is 2.67. The van der Waals surface area contributed by atoms with Crippen molar-refractivity contribution in [3.05, 3.63) is 59.7 Å². The summed E-state index contributed by atoms with van der Waals surface area (Å²) in [4.78, 5) is 47.3. The predicted molar refractivity (Wildman–Crippen MR) is 105 cm³/mol. The van der Waals surface area contributed by atoms with Gasteiger partial charge in [0.1, 0.15) is 6.42 Å². The van der Waals surface area contributed by atoms with Crippen LogP contribution in [0.4, 0.5) is 5.69 Å². The first-order valence-electron chi connectivity index (χ1n) is 8.44. The SMILES string of the molecule is CCOC(=O)CC(=O)CSc1ccc(NC(=O)c2ccccc2C(=O)O)cc1. The summed E-state index contributed by atoms with van der Waals surface area (Å²) in [6, 6.07) is 12.7. The van der Waals surface area contributed by atoms with Crippen LogP contribution in [0.15, 0.2) is 53.4 Å². The molecule has 0 spiro atoms. The van der Waals surface area contributed by atoms with Crippen molar-refractivity contribution in [3.8, 4) is 0 Å². The van der Waals surface area contributed by atoms with E-state index in [4.69, 9.17) is 9.84 Å². The summed E-state index contributed by atoms with van der Waals surface area (Å²) >= 11 is 1.27. The Morgan fingerprint density at radius 3 is 2.25 bits per heavy atom. The van der Waals surface area contributed by atoms with Crippen LogP contribution in [0.1, 0.15) is 34.1 Å². The number of amides is 1. The molecule has 0 aliphatic heterocycles. The molecule has 0 fully saturated rings. The monoisotopic (exact) mass is 401 g/mol. The molecular formula is C20H19NO6S. The Hall–Kier alpha value is -3.13. The first-order valence-corrected chi connectivity index (χ1v) is 9.43. The second kappa shape index (κ2) is 10.3. The van der Waals surface area contributed by atoms with Crippen molar-refractivity contribution < 1.29 is 29.0 Å². The number of carbonyl (C=O) groups excluding carboxylic acids is 3. The van der Waals surface area contributed by atoms with Crippen molar-refractivity contribution in [1.29, 1.82) is 0 Å². The van der Waals surface area contributed by atoms with Gasteiger partial charge in [-0.2, -0.15) is 0 Å². The van der Waals surface area contributed by atoms with Gasteiger partial charge in [-0.15, -0.1) is 11.8 Å². The minimum atomic E-state index is -1.18. The first kappa shape index (κ1) is 21.2. The Morgan fingerprint density at radius 1 is 1.00 bits per heavy atom. The maximum absolute atomic E-state index is 12.3. The smallest absolute Gasteiger partial charge is 0.336 e. The number of thioether (sulfide) groups is 1. The van der Waals surface area contributed by atoms with Gasteiger partial charge in [0.15, 0.2) is 5.78 Å². The highest BCUT2D eigenvalue weighted by molar-refractivity contribution is 8.00. The lowest BCUT2D eigenvalue weighted by atomic mass is 10.1. The summed E-state index contributed by atoms with van der Waals surface area (Å²) in [7, 11) is 0. The topological polar surface area (TPSA) is 110 Å². The molecule has 0 radical (unpaired) electrons. The summed E-state index contributed by atoms with van der Waals surface area (Å²) in [5.74, 6) is -2.33. The van der Waals surface area contributed by atoms with Crippen molar-refractivity contribution in [3.63, 3.8) is 0 Å². The van der Waals surface area contributed by atoms with Crippen LogP contribution in [0.3, 0.4) is 0 Å². The average molecular weight is 401 g/mol. The largest absolute Gasteiger partial charge is 0.478 e. The van der Waals surface area contributed by atoms with E-state index in [0.29, 0.717) is 5.69 Å². The van der Waals surface area contributed by atoms with Crippen molar-refractivity contribution in [2.75, 3.05) is 17.7 Å². The van der Waals surface area contributed by atoms with Crippen LogP contribution < -0.4 is 5.32 Å². The van der Waals surface area contributed by atoms with Gasteiger partial charge in [0.05, 0.1) is 23.5 Å². The molecule has 0 aliphatic carbocycles. The molecule has 8 heteroatoms. The van der Waals surface area contributed by atoms with Gasteiger partial charge in [-0.25, -0.2) is 4.79 Å². The van der Waals surface area contributed by atoms with Gasteiger partial charge in [0.2, 0.25) is 0 Å². The summed E-state index contributed by atoms with van der Waals surface area (Å²) in [5, 5.41) is 11.8. The number of ketones is 1. The highest BCUT2D eigenvalue weighted by Gasteiger charge is 2.16. The van der Waals surface area contributed by atoms with E-state index in [1.165, 1.54) is 23.9 Å². The number of hydrogen-bond donors (Lipinski definition) is 2. The first-order chi connectivity index (χ1) is 13.4. The number of benzene rings is 2. The Balaban J connectivity index is 1.92. The third-order valence-electron chi connectivity index (χ3n) is 3.56. The van der Waals surface area contributed by atoms with Crippen LogP contribution in [0, 0.1) is 0 Å². The molecule has 146 valence electrons. The quantitative estimate of drug-likeness (QED) is 0.377. The number of aromatic carboxylic acids is 1. The molecule has 2 rings (SSSR count). The molecule has 0 aromatic heterocycles. The number of carbonyl (C=O) groups is 4. The number of carboxylic acid groups (broad SMARTS) is 1. The number of Topliss-reactive ketones (excluding diaryl/α,β-unsaturated/α-hetero) is 1. The van der Waals surface area contributed by atoms with Crippen LogP contribution in [-0.2, 0) is 14.3 Å². The maximum atomic E-state index is 12.3. The summed E-state index contributed by atoms with van der Waals surface area (Å²) < 4.78 is 4.73. The van der Waals surface area contributed by atoms with E-state index in [2.05, 4.69) is 5.32 Å². The van der Waals surface area contributed by atoms with Crippen LogP contribution in [-0.4, -0.2) is 41.1 Å². The molecule has 1 amide bonds. The van der Waals surface area contributed by atoms with E-state index in [1.807, 2.05) is 0 Å². The molecule has 28 heavy (non-hydrogen) atoms. The van der Waals surface area contributed by atoms with Crippen LogP contribution in [0.25, 0.3) is 0 Å². The number of anilines is 1. The van der Waals surface area contributed by atoms with Gasteiger partial charge in [-0.05, 0) is 43.3 Å². The Bertz CT molecular complexity index is 879.